The fourth-order valence-electron chi connectivity index (χ4n) is 2.00. The van der Waals surface area contributed by atoms with Crippen LogP contribution in [0.25, 0.3) is 10.9 Å². The number of hydrogen-bond donors (Lipinski definition) is 1. The summed E-state index contributed by atoms with van der Waals surface area (Å²) in [5, 5.41) is 1.12. The van der Waals surface area contributed by atoms with E-state index in [2.05, 4.69) is 9.88 Å². The molecule has 0 saturated carbocycles. The molecule has 0 amide bonds. The van der Waals surface area contributed by atoms with Crippen LogP contribution >= 0.6 is 0 Å². The molecule has 18 heavy (non-hydrogen) atoms. The molecule has 0 aliphatic heterocycles. The van der Waals surface area contributed by atoms with E-state index in [1.165, 1.54) is 5.56 Å². The molecule has 1 aromatic heterocycles. The van der Waals surface area contributed by atoms with Gasteiger partial charge in [-0.3, -0.25) is 4.21 Å². The quantitative estimate of drug-likeness (QED) is 0.836. The van der Waals surface area contributed by atoms with Crippen LogP contribution in [-0.4, -0.2) is 39.3 Å². The van der Waals surface area contributed by atoms with Gasteiger partial charge in [-0.15, -0.1) is 0 Å². The highest BCUT2D eigenvalue weighted by Gasteiger charge is 2.05. The number of nitrogens with one attached hydrogen (secondary N) is 1. The maximum Gasteiger partial charge on any atom is 0.0457 e. The van der Waals surface area contributed by atoms with Crippen LogP contribution in [0.4, 0.5) is 0 Å². The second-order valence-electron chi connectivity index (χ2n) is 4.70. The van der Waals surface area contributed by atoms with Crippen LogP contribution in [0.5, 0.6) is 0 Å². The summed E-state index contributed by atoms with van der Waals surface area (Å²) < 4.78 is 21.5. The third-order valence-corrected chi connectivity index (χ3v) is 3.51. The fourth-order valence-corrected chi connectivity index (χ4v) is 2.45. The number of nitrogens with zero attached hydrogens (tertiary/aromatic N) is 1. The van der Waals surface area contributed by atoms with Crippen LogP contribution in [0.1, 0.15) is 11.1 Å². The topological polar surface area (TPSA) is 59.2 Å². The molecule has 1 aromatic carbocycles. The van der Waals surface area contributed by atoms with Crippen LogP contribution in [0.15, 0.2) is 24.4 Å². The first kappa shape index (κ1) is 13.3. The lowest BCUT2D eigenvalue weighted by molar-refractivity contribution is 0.414. The number of H-pyrrole nitrogens is 1. The van der Waals surface area contributed by atoms with Gasteiger partial charge in [0.25, 0.3) is 0 Å². The van der Waals surface area contributed by atoms with E-state index in [9.17, 15) is 8.76 Å². The number of rotatable bonds is 5. The second-order valence-corrected chi connectivity index (χ2v) is 5.59. The van der Waals surface area contributed by atoms with Gasteiger partial charge in [0.2, 0.25) is 0 Å². The van der Waals surface area contributed by atoms with Crippen molar-refractivity contribution >= 4 is 22.0 Å². The van der Waals surface area contributed by atoms with Crippen LogP contribution < -0.4 is 0 Å². The summed E-state index contributed by atoms with van der Waals surface area (Å²) in [5.74, 6) is 0.0776. The summed E-state index contributed by atoms with van der Waals surface area (Å²) in [4.78, 5) is 5.35. The van der Waals surface area contributed by atoms with Gasteiger partial charge in [0, 0.05) is 29.4 Å². The van der Waals surface area contributed by atoms with Crippen LogP contribution in [0, 0.1) is 0 Å². The molecule has 0 aliphatic rings. The van der Waals surface area contributed by atoms with Gasteiger partial charge in [-0.2, -0.15) is 0 Å². The minimum Gasteiger partial charge on any atom is -0.772 e. The van der Waals surface area contributed by atoms with Crippen LogP contribution in [0.2, 0.25) is 0 Å². The van der Waals surface area contributed by atoms with Crippen molar-refractivity contribution in [3.05, 3.63) is 35.5 Å². The maximum atomic E-state index is 10.7. The summed E-state index contributed by atoms with van der Waals surface area (Å²) in [6, 6.07) is 5.76. The number of aromatic amines is 1. The van der Waals surface area contributed by atoms with Gasteiger partial charge in [-0.1, -0.05) is 17.1 Å². The van der Waals surface area contributed by atoms with Gasteiger partial charge in [0.05, 0.1) is 0 Å². The normalized spacial score (nSPS) is 13.3. The minimum atomic E-state index is -2.03. The molecule has 4 nitrogen and oxygen atoms in total. The average molecular weight is 265 g/mol. The Kier molecular flexibility index (Phi) is 4.16. The van der Waals surface area contributed by atoms with Crippen molar-refractivity contribution in [2.45, 2.75) is 12.2 Å². The van der Waals surface area contributed by atoms with Crippen molar-refractivity contribution in [3.63, 3.8) is 0 Å². The highest BCUT2D eigenvalue weighted by Crippen LogP contribution is 2.21. The third kappa shape index (κ3) is 3.19. The molecule has 0 aliphatic carbocycles. The Balaban J connectivity index is 2.28. The summed E-state index contributed by atoms with van der Waals surface area (Å²) >= 11 is -2.03. The van der Waals surface area contributed by atoms with Gasteiger partial charge < -0.3 is 14.4 Å². The molecule has 0 fully saturated rings. The smallest absolute Gasteiger partial charge is 0.0457 e. The van der Waals surface area contributed by atoms with Gasteiger partial charge >= 0.3 is 0 Å². The highest BCUT2D eigenvalue weighted by atomic mass is 32.2. The summed E-state index contributed by atoms with van der Waals surface area (Å²) in [5.41, 5.74) is 3.13. The summed E-state index contributed by atoms with van der Waals surface area (Å²) in [6.45, 7) is 0.977. The Morgan fingerprint density at radius 1 is 1.39 bits per heavy atom. The first-order chi connectivity index (χ1) is 8.56. The lowest BCUT2D eigenvalue weighted by atomic mass is 10.1. The summed E-state index contributed by atoms with van der Waals surface area (Å²) in [7, 11) is 4.09. The molecule has 1 unspecified atom stereocenters. The predicted molar refractivity (Wildman–Crippen MR) is 73.2 cm³/mol. The molecule has 0 radical (unpaired) electrons. The van der Waals surface area contributed by atoms with Crippen molar-refractivity contribution in [1.82, 2.24) is 9.88 Å². The van der Waals surface area contributed by atoms with Crippen molar-refractivity contribution in [2.24, 2.45) is 0 Å². The van der Waals surface area contributed by atoms with E-state index in [1.54, 1.807) is 0 Å². The Morgan fingerprint density at radius 3 is 2.83 bits per heavy atom. The number of hydrogen-bond acceptors (Lipinski definition) is 3. The van der Waals surface area contributed by atoms with E-state index in [0.29, 0.717) is 0 Å². The largest absolute Gasteiger partial charge is 0.772 e. The van der Waals surface area contributed by atoms with Gasteiger partial charge in [-0.25, -0.2) is 0 Å². The SMILES string of the molecule is CN(C)CCc1c[nH]c2ccc(CS(=O)[O-])cc12. The van der Waals surface area contributed by atoms with Crippen molar-refractivity contribution in [2.75, 3.05) is 20.6 Å². The molecular weight excluding hydrogens is 248 g/mol. The first-order valence-electron chi connectivity index (χ1n) is 5.86. The predicted octanol–water partition coefficient (Wildman–Crippen LogP) is 1.65. The maximum absolute atomic E-state index is 10.7. The lowest BCUT2D eigenvalue weighted by Gasteiger charge is -2.09. The monoisotopic (exact) mass is 265 g/mol. The molecule has 2 rings (SSSR count). The van der Waals surface area contributed by atoms with Gasteiger partial charge in [-0.05, 0) is 43.8 Å². The Morgan fingerprint density at radius 2 is 2.17 bits per heavy atom. The molecule has 0 saturated heterocycles. The Hall–Kier alpha value is -1.17. The number of aromatic nitrogens is 1. The molecule has 2 aromatic rings. The van der Waals surface area contributed by atoms with Crippen molar-refractivity contribution < 1.29 is 8.76 Å². The molecule has 0 bridgehead atoms. The van der Waals surface area contributed by atoms with E-state index in [0.717, 1.165) is 29.4 Å². The zero-order valence-electron chi connectivity index (χ0n) is 10.6. The lowest BCUT2D eigenvalue weighted by Crippen LogP contribution is -2.14. The summed E-state index contributed by atoms with van der Waals surface area (Å²) in [6.07, 6.45) is 2.96. The van der Waals surface area contributed by atoms with E-state index in [-0.39, 0.29) is 5.75 Å². The molecule has 0 spiro atoms. The van der Waals surface area contributed by atoms with Gasteiger partial charge in [0.1, 0.15) is 0 Å². The van der Waals surface area contributed by atoms with E-state index >= 15 is 0 Å². The zero-order chi connectivity index (χ0) is 13.1. The highest BCUT2D eigenvalue weighted by molar-refractivity contribution is 7.78. The minimum absolute atomic E-state index is 0.0776. The van der Waals surface area contributed by atoms with Crippen molar-refractivity contribution in [1.29, 1.82) is 0 Å². The number of benzene rings is 1. The first-order valence-corrected chi connectivity index (χ1v) is 7.10. The van der Waals surface area contributed by atoms with Crippen LogP contribution in [-0.2, 0) is 23.3 Å². The fraction of sp³-hybridized carbons (Fsp3) is 0.385. The molecule has 1 N–H and O–H groups in total. The molecule has 1 heterocycles. The molecule has 98 valence electrons. The second kappa shape index (κ2) is 5.65. The zero-order valence-corrected chi connectivity index (χ0v) is 11.4. The van der Waals surface area contributed by atoms with E-state index < -0.39 is 11.1 Å². The molecule has 1 atom stereocenters. The number of fused-ring (bicyclic) bond motifs is 1. The number of likely N-dealkylation sites (N-methyl/N-ethyl adjacent to an activating group) is 1. The van der Waals surface area contributed by atoms with Crippen LogP contribution in [0.3, 0.4) is 0 Å². The van der Waals surface area contributed by atoms with E-state index in [1.807, 2.05) is 38.5 Å². The molecular formula is C13H17N2O2S-. The Labute approximate surface area is 109 Å². The molecule has 5 heteroatoms. The Bertz CT molecular complexity index is 563. The third-order valence-electron chi connectivity index (χ3n) is 2.94. The van der Waals surface area contributed by atoms with Gasteiger partial charge in [0.15, 0.2) is 0 Å². The van der Waals surface area contributed by atoms with Crippen molar-refractivity contribution in [3.8, 4) is 0 Å². The van der Waals surface area contributed by atoms with E-state index in [4.69, 9.17) is 0 Å². The standard InChI is InChI=1S/C13H18N2O2S/c1-15(2)6-5-11-8-14-13-4-3-10(7-12(11)13)9-18(16)17/h3-4,7-8,14H,5-6,9H2,1-2H3,(H,16,17)/p-1. The average Bonchev–Trinajstić information content (AvgIpc) is 2.68.